The summed E-state index contributed by atoms with van der Waals surface area (Å²) in [6.45, 7) is 4.10. The Morgan fingerprint density at radius 1 is 1.17 bits per heavy atom. The fourth-order valence-corrected chi connectivity index (χ4v) is 5.01. The van der Waals surface area contributed by atoms with Crippen LogP contribution in [0.25, 0.3) is 44.0 Å². The van der Waals surface area contributed by atoms with E-state index in [4.69, 9.17) is 0 Å². The minimum Gasteiger partial charge on any atom is -0.357 e. The lowest BCUT2D eigenvalue weighted by Gasteiger charge is -2.16. The Morgan fingerprint density at radius 2 is 1.94 bits per heavy atom. The second kappa shape index (κ2) is 8.46. The van der Waals surface area contributed by atoms with Crippen LogP contribution in [0, 0.1) is 17.2 Å². The van der Waals surface area contributed by atoms with Crippen molar-refractivity contribution < 1.29 is 16.5 Å². The highest BCUT2D eigenvalue weighted by molar-refractivity contribution is 7.81. The van der Waals surface area contributed by atoms with Crippen LogP contribution in [-0.4, -0.2) is 23.0 Å². The third-order valence-electron chi connectivity index (χ3n) is 6.15. The first-order valence-corrected chi connectivity index (χ1v) is 12.5. The normalized spacial score (nSPS) is 12.0. The molecule has 0 atom stereocenters. The summed E-state index contributed by atoms with van der Waals surface area (Å²) in [6, 6.07) is 12.4. The summed E-state index contributed by atoms with van der Waals surface area (Å²) in [6.07, 6.45) is 3.28. The van der Waals surface area contributed by atoms with Crippen LogP contribution in [0.5, 0.6) is 5.75 Å². The van der Waals surface area contributed by atoms with Crippen LogP contribution >= 0.6 is 0 Å². The number of halogens is 1. The van der Waals surface area contributed by atoms with Gasteiger partial charge in [0.1, 0.15) is 5.65 Å². The molecule has 8 nitrogen and oxygen atoms in total. The molecule has 0 fully saturated rings. The van der Waals surface area contributed by atoms with E-state index in [0.717, 1.165) is 22.7 Å². The number of nitrogens with one attached hydrogen (secondary N) is 1. The maximum atomic E-state index is 13.7. The van der Waals surface area contributed by atoms with Crippen molar-refractivity contribution in [3.8, 4) is 22.9 Å². The molecule has 36 heavy (non-hydrogen) atoms. The molecular formula is C26H21FN4O4S. The number of aromatic nitrogens is 3. The van der Waals surface area contributed by atoms with E-state index in [1.54, 1.807) is 18.2 Å². The van der Waals surface area contributed by atoms with E-state index in [1.165, 1.54) is 12.3 Å². The molecule has 0 bridgehead atoms. The molecule has 1 N–H and O–H groups in total. The van der Waals surface area contributed by atoms with Crippen molar-refractivity contribution in [2.45, 2.75) is 20.3 Å². The predicted molar refractivity (Wildman–Crippen MR) is 136 cm³/mol. The first-order valence-electron chi connectivity index (χ1n) is 11.2. The molecule has 0 amide bonds. The number of fused-ring (bicyclic) bond motifs is 4. The average Bonchev–Trinajstić information content (AvgIpc) is 3.20. The quantitative estimate of drug-likeness (QED) is 0.340. The van der Waals surface area contributed by atoms with Gasteiger partial charge in [-0.15, -0.1) is 0 Å². The molecule has 0 saturated heterocycles. The second-order valence-electron chi connectivity index (χ2n) is 9.12. The van der Waals surface area contributed by atoms with E-state index >= 15 is 0 Å². The standard InChI is InChI=1S/C26H21FN4O4S/c1-14(2)6-16-9-21-23(10-20(16)17-8-18(13-29-12-17)35-36(27,33)34)31(3)26-24(25(21)32)19-5-4-15(11-28)7-22(19)30-26/h4-5,7-10,12-14,30H,6H2,1-3H3. The Kier molecular flexibility index (Phi) is 5.53. The molecule has 3 heterocycles. The van der Waals surface area contributed by atoms with Crippen LogP contribution in [-0.2, 0) is 24.0 Å². The molecule has 0 aliphatic rings. The van der Waals surface area contributed by atoms with Crippen molar-refractivity contribution >= 4 is 43.3 Å². The lowest BCUT2D eigenvalue weighted by atomic mass is 9.92. The van der Waals surface area contributed by atoms with Crippen LogP contribution < -0.4 is 9.61 Å². The molecule has 0 spiro atoms. The zero-order valence-electron chi connectivity index (χ0n) is 19.7. The summed E-state index contributed by atoms with van der Waals surface area (Å²) >= 11 is 0. The predicted octanol–water partition coefficient (Wildman–Crippen LogP) is 4.90. The van der Waals surface area contributed by atoms with Crippen LogP contribution in [0.1, 0.15) is 25.0 Å². The molecule has 182 valence electrons. The molecule has 10 heteroatoms. The third-order valence-corrected chi connectivity index (χ3v) is 6.54. The number of aromatic amines is 1. The zero-order valence-corrected chi connectivity index (χ0v) is 20.5. The molecule has 0 radical (unpaired) electrons. The summed E-state index contributed by atoms with van der Waals surface area (Å²) in [5.41, 5.74) is 4.41. The Balaban J connectivity index is 1.83. The number of pyridine rings is 2. The highest BCUT2D eigenvalue weighted by Crippen LogP contribution is 2.33. The largest absolute Gasteiger partial charge is 0.488 e. The smallest absolute Gasteiger partial charge is 0.357 e. The monoisotopic (exact) mass is 504 g/mol. The van der Waals surface area contributed by atoms with Gasteiger partial charge in [0.2, 0.25) is 0 Å². The van der Waals surface area contributed by atoms with Gasteiger partial charge >= 0.3 is 10.5 Å². The summed E-state index contributed by atoms with van der Waals surface area (Å²) in [4.78, 5) is 21.0. The lowest BCUT2D eigenvalue weighted by molar-refractivity contribution is 0.439. The van der Waals surface area contributed by atoms with Gasteiger partial charge in [0.15, 0.2) is 11.2 Å². The Bertz CT molecular complexity index is 1900. The number of aryl methyl sites for hydroxylation is 1. The van der Waals surface area contributed by atoms with Gasteiger partial charge in [0.05, 0.1) is 28.7 Å². The second-order valence-corrected chi connectivity index (χ2v) is 10.1. The van der Waals surface area contributed by atoms with E-state index in [2.05, 4.69) is 34.1 Å². The minimum absolute atomic E-state index is 0.135. The highest BCUT2D eigenvalue weighted by Gasteiger charge is 2.19. The maximum Gasteiger partial charge on any atom is 0.488 e. The van der Waals surface area contributed by atoms with E-state index in [1.807, 2.05) is 23.7 Å². The molecule has 0 aliphatic heterocycles. The number of hydrogen-bond acceptors (Lipinski definition) is 6. The topological polar surface area (TPSA) is 118 Å². The number of nitrogens with zero attached hydrogens (tertiary/aromatic N) is 3. The first-order chi connectivity index (χ1) is 17.1. The van der Waals surface area contributed by atoms with Crippen molar-refractivity contribution in [2.75, 3.05) is 0 Å². The van der Waals surface area contributed by atoms with Crippen LogP contribution in [0.3, 0.4) is 0 Å². The van der Waals surface area contributed by atoms with E-state index in [0.29, 0.717) is 45.0 Å². The zero-order chi connectivity index (χ0) is 25.8. The van der Waals surface area contributed by atoms with Gasteiger partial charge < -0.3 is 13.7 Å². The number of hydrogen-bond donors (Lipinski definition) is 1. The van der Waals surface area contributed by atoms with Gasteiger partial charge in [0.25, 0.3) is 0 Å². The molecule has 5 rings (SSSR count). The Morgan fingerprint density at radius 3 is 2.64 bits per heavy atom. The minimum atomic E-state index is -5.20. The molecule has 0 unspecified atom stereocenters. The van der Waals surface area contributed by atoms with Crippen LogP contribution in [0.4, 0.5) is 3.89 Å². The van der Waals surface area contributed by atoms with Gasteiger partial charge in [-0.05, 0) is 53.8 Å². The fourth-order valence-electron chi connectivity index (χ4n) is 4.69. The summed E-state index contributed by atoms with van der Waals surface area (Å²) < 4.78 is 41.3. The molecule has 0 saturated carbocycles. The van der Waals surface area contributed by atoms with Gasteiger partial charge in [-0.2, -0.15) is 13.7 Å². The van der Waals surface area contributed by atoms with E-state index < -0.39 is 10.5 Å². The number of nitriles is 1. The molecule has 5 aromatic rings. The average molecular weight is 505 g/mol. The first kappa shape index (κ1) is 23.5. The van der Waals surface area contributed by atoms with E-state index in [9.17, 15) is 22.4 Å². The molecule has 2 aromatic carbocycles. The summed E-state index contributed by atoms with van der Waals surface area (Å²) in [5, 5.41) is 11.1. The molecular weight excluding hydrogens is 483 g/mol. The fraction of sp³-hybridized carbons (Fsp3) is 0.192. The van der Waals surface area contributed by atoms with Gasteiger partial charge in [0, 0.05) is 35.1 Å². The van der Waals surface area contributed by atoms with Gasteiger partial charge in [-0.1, -0.05) is 23.8 Å². The SMILES string of the molecule is CC(C)Cc1cc2c(=O)c3c4ccc(C#N)cc4[nH]c3n(C)c2cc1-c1cncc(OS(=O)(=O)F)c1. The maximum absolute atomic E-state index is 13.7. The van der Waals surface area contributed by atoms with Crippen molar-refractivity contribution in [1.29, 1.82) is 5.26 Å². The Labute approximate surface area is 206 Å². The van der Waals surface area contributed by atoms with Crippen molar-refractivity contribution in [2.24, 2.45) is 13.0 Å². The van der Waals surface area contributed by atoms with Crippen molar-refractivity contribution in [1.82, 2.24) is 14.5 Å². The van der Waals surface area contributed by atoms with Crippen molar-refractivity contribution in [3.63, 3.8) is 0 Å². The van der Waals surface area contributed by atoms with Gasteiger partial charge in [-0.3, -0.25) is 9.78 Å². The van der Waals surface area contributed by atoms with E-state index in [-0.39, 0.29) is 17.1 Å². The number of rotatable bonds is 5. The number of H-pyrrole nitrogens is 1. The summed E-state index contributed by atoms with van der Waals surface area (Å²) in [5.74, 6) is 0.00346. The Hall–Kier alpha value is -4.23. The highest BCUT2D eigenvalue weighted by atomic mass is 32.3. The third kappa shape index (κ3) is 4.07. The summed E-state index contributed by atoms with van der Waals surface area (Å²) in [7, 11) is -3.37. The molecule has 3 aromatic heterocycles. The number of benzene rings is 2. The van der Waals surface area contributed by atoms with Crippen LogP contribution in [0.15, 0.2) is 53.6 Å². The molecule has 0 aliphatic carbocycles. The van der Waals surface area contributed by atoms with Crippen LogP contribution in [0.2, 0.25) is 0 Å². The van der Waals surface area contributed by atoms with Gasteiger partial charge in [-0.25, -0.2) is 0 Å². The van der Waals surface area contributed by atoms with Crippen molar-refractivity contribution in [3.05, 3.63) is 70.1 Å². The lowest BCUT2D eigenvalue weighted by Crippen LogP contribution is -2.10.